The van der Waals surface area contributed by atoms with Gasteiger partial charge in [-0.15, -0.1) is 0 Å². The molecule has 1 aromatic rings. The number of hydrogen-bond donors (Lipinski definition) is 2. The summed E-state index contributed by atoms with van der Waals surface area (Å²) < 4.78 is 0. The standard InChI is InChI=1S/C12H13ClN2O2/c1-9(12(16)17)15-14-8-2-3-10-4-6-11(13)7-5-10/h2-7,14H,8H2,1H3,(H,16,17)/b3-2+,15-9-. The molecule has 0 spiro atoms. The lowest BCUT2D eigenvalue weighted by molar-refractivity contribution is -0.129. The molecule has 5 heteroatoms. The highest BCUT2D eigenvalue weighted by molar-refractivity contribution is 6.34. The van der Waals surface area contributed by atoms with E-state index in [1.165, 1.54) is 6.92 Å². The fourth-order valence-corrected chi connectivity index (χ4v) is 1.16. The van der Waals surface area contributed by atoms with Crippen LogP contribution in [0.1, 0.15) is 12.5 Å². The van der Waals surface area contributed by atoms with Crippen molar-refractivity contribution in [3.63, 3.8) is 0 Å². The molecule has 2 N–H and O–H groups in total. The average Bonchev–Trinajstić information content (AvgIpc) is 2.30. The predicted octanol–water partition coefficient (Wildman–Crippen LogP) is 2.40. The first-order valence-corrected chi connectivity index (χ1v) is 5.40. The molecule has 0 aliphatic carbocycles. The highest BCUT2D eigenvalue weighted by Crippen LogP contribution is 2.10. The van der Waals surface area contributed by atoms with Crippen LogP contribution < -0.4 is 5.43 Å². The van der Waals surface area contributed by atoms with Crippen LogP contribution in [0.15, 0.2) is 35.4 Å². The summed E-state index contributed by atoms with van der Waals surface area (Å²) in [5.74, 6) is -1.03. The van der Waals surface area contributed by atoms with E-state index in [0.717, 1.165) is 5.56 Å². The Kier molecular flexibility index (Phi) is 5.23. The lowest BCUT2D eigenvalue weighted by atomic mass is 10.2. The minimum atomic E-state index is -1.03. The average molecular weight is 253 g/mol. The molecule has 0 amide bonds. The SMILES string of the molecule is C/C(=N/NC/C=C/c1ccc(Cl)cc1)C(=O)O. The third-order valence-electron chi connectivity index (χ3n) is 1.95. The van der Waals surface area contributed by atoms with Crippen LogP contribution >= 0.6 is 11.6 Å². The van der Waals surface area contributed by atoms with Gasteiger partial charge in [0, 0.05) is 5.02 Å². The van der Waals surface area contributed by atoms with Gasteiger partial charge in [0.2, 0.25) is 0 Å². The highest BCUT2D eigenvalue weighted by atomic mass is 35.5. The zero-order valence-corrected chi connectivity index (χ0v) is 10.1. The number of hydrogen-bond acceptors (Lipinski definition) is 3. The lowest BCUT2D eigenvalue weighted by Gasteiger charge is -1.96. The molecular formula is C12H13ClN2O2. The highest BCUT2D eigenvalue weighted by Gasteiger charge is 1.99. The third kappa shape index (κ3) is 5.17. The topological polar surface area (TPSA) is 61.7 Å². The second-order valence-corrected chi connectivity index (χ2v) is 3.75. The molecule has 1 rings (SSSR count). The molecule has 17 heavy (non-hydrogen) atoms. The fraction of sp³-hybridized carbons (Fsp3) is 0.167. The predicted molar refractivity (Wildman–Crippen MR) is 69.2 cm³/mol. The fourth-order valence-electron chi connectivity index (χ4n) is 1.03. The van der Waals surface area contributed by atoms with Crippen molar-refractivity contribution < 1.29 is 9.90 Å². The first-order chi connectivity index (χ1) is 8.09. The van der Waals surface area contributed by atoms with Crippen molar-refractivity contribution in [3.05, 3.63) is 40.9 Å². The minimum absolute atomic E-state index is 0.0323. The number of nitrogens with one attached hydrogen (secondary N) is 1. The van der Waals surface area contributed by atoms with Gasteiger partial charge in [-0.3, -0.25) is 0 Å². The monoisotopic (exact) mass is 252 g/mol. The molecule has 0 aliphatic heterocycles. The third-order valence-corrected chi connectivity index (χ3v) is 2.20. The van der Waals surface area contributed by atoms with Crippen molar-refractivity contribution in [2.45, 2.75) is 6.92 Å². The maximum Gasteiger partial charge on any atom is 0.351 e. The van der Waals surface area contributed by atoms with Crippen molar-refractivity contribution in [3.8, 4) is 0 Å². The molecule has 0 bridgehead atoms. The molecule has 1 aromatic carbocycles. The Labute approximate surface area is 105 Å². The second-order valence-electron chi connectivity index (χ2n) is 3.32. The van der Waals surface area contributed by atoms with E-state index < -0.39 is 5.97 Å². The molecule has 90 valence electrons. The second kappa shape index (κ2) is 6.70. The Bertz CT molecular complexity index is 438. The van der Waals surface area contributed by atoms with Crippen LogP contribution in [0.5, 0.6) is 0 Å². The molecular weight excluding hydrogens is 240 g/mol. The van der Waals surface area contributed by atoms with Crippen LogP contribution in [0, 0.1) is 0 Å². The van der Waals surface area contributed by atoms with Crippen LogP contribution in [0.2, 0.25) is 5.02 Å². The van der Waals surface area contributed by atoms with Crippen molar-refractivity contribution in [1.29, 1.82) is 0 Å². The Balaban J connectivity index is 2.39. The van der Waals surface area contributed by atoms with Crippen LogP contribution in [0.4, 0.5) is 0 Å². The number of carboxylic acid groups (broad SMARTS) is 1. The molecule has 0 saturated heterocycles. The van der Waals surface area contributed by atoms with E-state index in [1.54, 1.807) is 12.1 Å². The van der Waals surface area contributed by atoms with Crippen molar-refractivity contribution in [1.82, 2.24) is 5.43 Å². The van der Waals surface area contributed by atoms with Crippen LogP contribution in [0.3, 0.4) is 0 Å². The Morgan fingerprint density at radius 1 is 1.47 bits per heavy atom. The molecule has 0 heterocycles. The molecule has 0 radical (unpaired) electrons. The summed E-state index contributed by atoms with van der Waals surface area (Å²) in [5.41, 5.74) is 3.70. The molecule has 0 unspecified atom stereocenters. The quantitative estimate of drug-likeness (QED) is 0.481. The zero-order valence-electron chi connectivity index (χ0n) is 9.35. The van der Waals surface area contributed by atoms with E-state index in [4.69, 9.17) is 16.7 Å². The summed E-state index contributed by atoms with van der Waals surface area (Å²) in [6.07, 6.45) is 3.75. The van der Waals surface area contributed by atoms with Gasteiger partial charge in [-0.05, 0) is 24.6 Å². The van der Waals surface area contributed by atoms with Crippen molar-refractivity contribution in [2.24, 2.45) is 5.10 Å². The smallest absolute Gasteiger partial charge is 0.351 e. The maximum absolute atomic E-state index is 10.4. The molecule has 0 saturated carbocycles. The first kappa shape index (κ1) is 13.3. The number of halogens is 1. The molecule has 0 aromatic heterocycles. The zero-order chi connectivity index (χ0) is 12.7. The van der Waals surface area contributed by atoms with Gasteiger partial charge in [0.15, 0.2) is 0 Å². The number of nitrogens with zero attached hydrogens (tertiary/aromatic N) is 1. The Morgan fingerprint density at radius 2 is 2.12 bits per heavy atom. The van der Waals surface area contributed by atoms with Crippen LogP contribution in [-0.4, -0.2) is 23.3 Å². The van der Waals surface area contributed by atoms with Gasteiger partial charge < -0.3 is 10.5 Å². The number of benzene rings is 1. The summed E-state index contributed by atoms with van der Waals surface area (Å²) in [5, 5.41) is 12.9. The lowest BCUT2D eigenvalue weighted by Crippen LogP contribution is -2.15. The summed E-state index contributed by atoms with van der Waals surface area (Å²) in [7, 11) is 0. The van der Waals surface area contributed by atoms with E-state index in [-0.39, 0.29) is 5.71 Å². The van der Waals surface area contributed by atoms with Gasteiger partial charge in [0.25, 0.3) is 0 Å². The van der Waals surface area contributed by atoms with E-state index >= 15 is 0 Å². The van der Waals surface area contributed by atoms with E-state index in [9.17, 15) is 4.79 Å². The van der Waals surface area contributed by atoms with Gasteiger partial charge in [0.1, 0.15) is 5.71 Å². The Hall–Kier alpha value is -1.81. The summed E-state index contributed by atoms with van der Waals surface area (Å²) in [4.78, 5) is 10.4. The van der Waals surface area contributed by atoms with Gasteiger partial charge in [-0.25, -0.2) is 4.79 Å². The first-order valence-electron chi connectivity index (χ1n) is 5.02. The minimum Gasteiger partial charge on any atom is -0.477 e. The number of rotatable bonds is 5. The van der Waals surface area contributed by atoms with E-state index in [0.29, 0.717) is 11.6 Å². The van der Waals surface area contributed by atoms with Crippen LogP contribution in [0.25, 0.3) is 6.08 Å². The van der Waals surface area contributed by atoms with Crippen molar-refractivity contribution in [2.75, 3.05) is 6.54 Å². The van der Waals surface area contributed by atoms with Gasteiger partial charge in [-0.1, -0.05) is 35.9 Å². The van der Waals surface area contributed by atoms with E-state index in [1.807, 2.05) is 24.3 Å². The maximum atomic E-state index is 10.4. The summed E-state index contributed by atoms with van der Waals surface area (Å²) in [6.45, 7) is 1.89. The van der Waals surface area contributed by atoms with Gasteiger partial charge >= 0.3 is 5.97 Å². The van der Waals surface area contributed by atoms with Crippen molar-refractivity contribution >= 4 is 29.4 Å². The largest absolute Gasteiger partial charge is 0.477 e. The number of hydrazone groups is 1. The molecule has 0 atom stereocenters. The molecule has 4 nitrogen and oxygen atoms in total. The molecule has 0 fully saturated rings. The van der Waals surface area contributed by atoms with Gasteiger partial charge in [-0.2, -0.15) is 5.10 Å². The normalized spacial score (nSPS) is 11.8. The van der Waals surface area contributed by atoms with Gasteiger partial charge in [0.05, 0.1) is 6.54 Å². The number of carboxylic acids is 1. The molecule has 0 aliphatic rings. The van der Waals surface area contributed by atoms with E-state index in [2.05, 4.69) is 10.5 Å². The van der Waals surface area contributed by atoms with Crippen LogP contribution in [-0.2, 0) is 4.79 Å². The number of aliphatic carboxylic acids is 1. The summed E-state index contributed by atoms with van der Waals surface area (Å²) >= 11 is 5.75. The Morgan fingerprint density at radius 3 is 2.71 bits per heavy atom. The summed E-state index contributed by atoms with van der Waals surface area (Å²) in [6, 6.07) is 7.40. The number of carbonyl (C=O) groups is 1.